The smallest absolute Gasteiger partial charge is 0.223 e. The topological polar surface area (TPSA) is 95.6 Å². The number of rotatable bonds is 5. The zero-order valence-electron chi connectivity index (χ0n) is 10.5. The molecule has 1 aromatic heterocycles. The molecule has 1 aliphatic rings. The first kappa shape index (κ1) is 12.9. The number of carbonyl (C=O) groups is 1. The molecule has 2 heterocycles. The zero-order chi connectivity index (χ0) is 12.6. The van der Waals surface area contributed by atoms with Gasteiger partial charge in [0.25, 0.3) is 0 Å². The lowest BCUT2D eigenvalue weighted by molar-refractivity contribution is -0.125. The first-order valence-corrected chi connectivity index (χ1v) is 6.57. The number of hydrogen-bond acceptors (Lipinski definition) is 5. The minimum absolute atomic E-state index is 0.171. The van der Waals surface area contributed by atoms with Crippen LogP contribution < -0.4 is 10.6 Å². The summed E-state index contributed by atoms with van der Waals surface area (Å²) in [7, 11) is 0. The summed E-state index contributed by atoms with van der Waals surface area (Å²) >= 11 is 0. The fourth-order valence-corrected chi connectivity index (χ4v) is 2.17. The largest absolute Gasteiger partial charge is 0.356 e. The van der Waals surface area contributed by atoms with Crippen LogP contribution in [0.5, 0.6) is 0 Å². The quantitative estimate of drug-likeness (QED) is 0.622. The highest BCUT2D eigenvalue weighted by Gasteiger charge is 2.19. The highest BCUT2D eigenvalue weighted by Crippen LogP contribution is 2.13. The Balaban J connectivity index is 1.61. The normalized spacial score (nSPS) is 20.3. The molecule has 1 aliphatic heterocycles. The predicted molar refractivity (Wildman–Crippen MR) is 65.7 cm³/mol. The molecule has 7 heteroatoms. The van der Waals surface area contributed by atoms with Gasteiger partial charge in [0, 0.05) is 18.9 Å². The number of nitrogens with zero attached hydrogens (tertiary/aromatic N) is 3. The van der Waals surface area contributed by atoms with E-state index in [1.54, 1.807) is 0 Å². The molecule has 1 aromatic rings. The van der Waals surface area contributed by atoms with Crippen LogP contribution in [-0.4, -0.2) is 46.2 Å². The van der Waals surface area contributed by atoms with Crippen molar-refractivity contribution in [1.82, 2.24) is 31.3 Å². The van der Waals surface area contributed by atoms with Crippen molar-refractivity contribution in [1.29, 1.82) is 0 Å². The van der Waals surface area contributed by atoms with E-state index in [0.717, 1.165) is 45.2 Å². The number of aromatic nitrogens is 4. The first-order valence-electron chi connectivity index (χ1n) is 6.57. The van der Waals surface area contributed by atoms with E-state index in [0.29, 0.717) is 12.4 Å². The molecule has 1 saturated heterocycles. The van der Waals surface area contributed by atoms with Gasteiger partial charge in [0.05, 0.1) is 0 Å². The van der Waals surface area contributed by atoms with E-state index < -0.39 is 0 Å². The average molecular weight is 252 g/mol. The molecule has 1 amide bonds. The van der Waals surface area contributed by atoms with Gasteiger partial charge in [0.15, 0.2) is 5.82 Å². The second kappa shape index (κ2) is 7.05. The van der Waals surface area contributed by atoms with E-state index >= 15 is 0 Å². The number of nitrogens with one attached hydrogen (secondary N) is 3. The Hall–Kier alpha value is -1.50. The van der Waals surface area contributed by atoms with Gasteiger partial charge in [-0.15, -0.1) is 10.2 Å². The van der Waals surface area contributed by atoms with Crippen molar-refractivity contribution in [3.8, 4) is 0 Å². The van der Waals surface area contributed by atoms with Crippen molar-refractivity contribution < 1.29 is 4.79 Å². The summed E-state index contributed by atoms with van der Waals surface area (Å²) in [4.78, 5) is 11.9. The number of carbonyl (C=O) groups excluding carboxylic acids is 1. The highest BCUT2D eigenvalue weighted by atomic mass is 16.1. The Morgan fingerprint density at radius 1 is 1.39 bits per heavy atom. The van der Waals surface area contributed by atoms with Gasteiger partial charge < -0.3 is 10.6 Å². The second-order valence-electron chi connectivity index (χ2n) is 4.60. The molecule has 1 fully saturated rings. The van der Waals surface area contributed by atoms with Gasteiger partial charge in [0.2, 0.25) is 5.91 Å². The van der Waals surface area contributed by atoms with Crippen molar-refractivity contribution in [2.45, 2.75) is 32.1 Å². The molecule has 0 aliphatic carbocycles. The summed E-state index contributed by atoms with van der Waals surface area (Å²) in [6.07, 6.45) is 4.60. The van der Waals surface area contributed by atoms with Crippen LogP contribution in [-0.2, 0) is 11.2 Å². The predicted octanol–water partition coefficient (Wildman–Crippen LogP) is -0.362. The third kappa shape index (κ3) is 4.06. The van der Waals surface area contributed by atoms with Crippen molar-refractivity contribution in [2.24, 2.45) is 5.92 Å². The fourth-order valence-electron chi connectivity index (χ4n) is 2.17. The summed E-state index contributed by atoms with van der Waals surface area (Å²) in [6.45, 7) is 2.65. The second-order valence-corrected chi connectivity index (χ2v) is 4.60. The summed E-state index contributed by atoms with van der Waals surface area (Å²) in [5.41, 5.74) is 0. The third-order valence-electron chi connectivity index (χ3n) is 3.21. The van der Waals surface area contributed by atoms with Gasteiger partial charge in [-0.25, -0.2) is 0 Å². The van der Waals surface area contributed by atoms with Gasteiger partial charge in [-0.3, -0.25) is 4.79 Å². The van der Waals surface area contributed by atoms with E-state index in [9.17, 15) is 4.79 Å². The molecule has 18 heavy (non-hydrogen) atoms. The number of H-pyrrole nitrogens is 1. The highest BCUT2D eigenvalue weighted by molar-refractivity contribution is 5.78. The summed E-state index contributed by atoms with van der Waals surface area (Å²) < 4.78 is 0. The van der Waals surface area contributed by atoms with Crippen LogP contribution in [0.2, 0.25) is 0 Å². The maximum atomic E-state index is 11.9. The molecule has 7 nitrogen and oxygen atoms in total. The van der Waals surface area contributed by atoms with Crippen LogP contribution in [0.25, 0.3) is 0 Å². The number of hydrogen-bond donors (Lipinski definition) is 3. The van der Waals surface area contributed by atoms with Crippen molar-refractivity contribution in [3.63, 3.8) is 0 Å². The molecule has 1 atom stereocenters. The number of amides is 1. The van der Waals surface area contributed by atoms with Crippen molar-refractivity contribution >= 4 is 5.91 Å². The van der Waals surface area contributed by atoms with E-state index in [1.807, 2.05) is 0 Å². The van der Waals surface area contributed by atoms with Gasteiger partial charge in [-0.05, 0) is 38.8 Å². The van der Waals surface area contributed by atoms with Crippen LogP contribution in [0.1, 0.15) is 31.5 Å². The Labute approximate surface area is 106 Å². The summed E-state index contributed by atoms with van der Waals surface area (Å²) in [6, 6.07) is 0. The minimum atomic E-state index is 0.171. The summed E-state index contributed by atoms with van der Waals surface area (Å²) in [5.74, 6) is 1.06. The average Bonchev–Trinajstić information content (AvgIpc) is 2.74. The zero-order valence-corrected chi connectivity index (χ0v) is 10.5. The van der Waals surface area contributed by atoms with Crippen LogP contribution in [0.15, 0.2) is 0 Å². The molecule has 0 spiro atoms. The minimum Gasteiger partial charge on any atom is -0.356 e. The van der Waals surface area contributed by atoms with Gasteiger partial charge >= 0.3 is 0 Å². The molecule has 0 aromatic carbocycles. The standard InChI is InChI=1S/C11H20N6O/c18-11(9-3-1-6-12-8-5-9)13-7-2-4-10-14-16-17-15-10/h9,12H,1-8H2,(H,13,18)(H,14,15,16,17)/t9-/m0/s1. The SMILES string of the molecule is O=C(NCCCc1nn[nH]n1)[C@H]1CCCNCC1. The van der Waals surface area contributed by atoms with E-state index in [4.69, 9.17) is 0 Å². The summed E-state index contributed by atoms with van der Waals surface area (Å²) in [5, 5.41) is 19.9. The third-order valence-corrected chi connectivity index (χ3v) is 3.21. The number of tetrazole rings is 1. The van der Waals surface area contributed by atoms with E-state index in [-0.39, 0.29) is 11.8 Å². The maximum absolute atomic E-state index is 11.9. The molecule has 0 unspecified atom stereocenters. The molecule has 0 radical (unpaired) electrons. The molecular formula is C11H20N6O. The fraction of sp³-hybridized carbons (Fsp3) is 0.818. The van der Waals surface area contributed by atoms with Crippen LogP contribution in [0.4, 0.5) is 0 Å². The van der Waals surface area contributed by atoms with Gasteiger partial charge in [-0.2, -0.15) is 5.21 Å². The van der Waals surface area contributed by atoms with E-state index in [1.165, 1.54) is 0 Å². The van der Waals surface area contributed by atoms with Crippen molar-refractivity contribution in [3.05, 3.63) is 5.82 Å². The monoisotopic (exact) mass is 252 g/mol. The van der Waals surface area contributed by atoms with Crippen LogP contribution in [0.3, 0.4) is 0 Å². The molecule has 0 saturated carbocycles. The molecular weight excluding hydrogens is 232 g/mol. The molecule has 0 bridgehead atoms. The van der Waals surface area contributed by atoms with Crippen LogP contribution >= 0.6 is 0 Å². The van der Waals surface area contributed by atoms with E-state index in [2.05, 4.69) is 31.3 Å². The Morgan fingerprint density at radius 3 is 3.17 bits per heavy atom. The molecule has 3 N–H and O–H groups in total. The van der Waals surface area contributed by atoms with Crippen LogP contribution in [0, 0.1) is 5.92 Å². The lowest BCUT2D eigenvalue weighted by Gasteiger charge is -2.13. The molecule has 100 valence electrons. The Morgan fingerprint density at radius 2 is 2.33 bits per heavy atom. The Bertz CT molecular complexity index is 344. The number of aryl methyl sites for hydroxylation is 1. The lowest BCUT2D eigenvalue weighted by Crippen LogP contribution is -2.32. The Kier molecular flexibility index (Phi) is 5.07. The van der Waals surface area contributed by atoms with Crippen molar-refractivity contribution in [2.75, 3.05) is 19.6 Å². The number of aromatic amines is 1. The first-order chi connectivity index (χ1) is 8.86. The lowest BCUT2D eigenvalue weighted by atomic mass is 10.00. The molecule has 2 rings (SSSR count). The maximum Gasteiger partial charge on any atom is 0.223 e. The van der Waals surface area contributed by atoms with Gasteiger partial charge in [0.1, 0.15) is 0 Å². The van der Waals surface area contributed by atoms with Gasteiger partial charge in [-0.1, -0.05) is 5.21 Å².